The van der Waals surface area contributed by atoms with Gasteiger partial charge in [0.15, 0.2) is 18.1 Å². The Morgan fingerprint density at radius 3 is 2.32 bits per heavy atom. The molecule has 2 amide bonds. The molecule has 2 aliphatic rings. The molecule has 4 rings (SSSR count). The molecule has 0 saturated heterocycles. The van der Waals surface area contributed by atoms with Gasteiger partial charge in [0.05, 0.1) is 5.41 Å². The molecule has 3 N–H and O–H groups in total. The third-order valence-corrected chi connectivity index (χ3v) is 5.73. The monoisotopic (exact) mass is 424 g/mol. The molecule has 2 aromatic carbocycles. The first-order chi connectivity index (χ1) is 15.0. The standard InChI is InChI=1S/C23H24N2O6/c24-21(27)15-3-6-17(7-4-15)25-20(26)14-31-22(28)23(9-1-2-10-23)16-5-8-18-19(13-16)30-12-11-29-18/h3-8,13H,1-2,9-12,14H2,(H2,24,27)(H,25,26). The van der Waals surface area contributed by atoms with Crippen LogP contribution in [-0.2, 0) is 19.7 Å². The van der Waals surface area contributed by atoms with Crippen LogP contribution < -0.4 is 20.5 Å². The number of ether oxygens (including phenoxy) is 3. The summed E-state index contributed by atoms with van der Waals surface area (Å²) in [6, 6.07) is 11.7. The van der Waals surface area contributed by atoms with Crippen LogP contribution in [0.3, 0.4) is 0 Å². The summed E-state index contributed by atoms with van der Waals surface area (Å²) in [7, 11) is 0. The summed E-state index contributed by atoms with van der Waals surface area (Å²) in [6.07, 6.45) is 3.12. The molecular weight excluding hydrogens is 400 g/mol. The summed E-state index contributed by atoms with van der Waals surface area (Å²) in [5.41, 5.74) is 6.05. The van der Waals surface area contributed by atoms with Gasteiger partial charge in [0.2, 0.25) is 5.91 Å². The first kappa shape index (κ1) is 20.7. The molecule has 0 aromatic heterocycles. The van der Waals surface area contributed by atoms with Crippen LogP contribution in [0.2, 0.25) is 0 Å². The van der Waals surface area contributed by atoms with Crippen LogP contribution >= 0.6 is 0 Å². The minimum atomic E-state index is -0.792. The van der Waals surface area contributed by atoms with E-state index in [1.54, 1.807) is 12.1 Å². The van der Waals surface area contributed by atoms with Gasteiger partial charge in [-0.05, 0) is 54.8 Å². The molecule has 31 heavy (non-hydrogen) atoms. The normalized spacial score (nSPS) is 16.4. The molecule has 0 unspecified atom stereocenters. The third kappa shape index (κ3) is 4.33. The van der Waals surface area contributed by atoms with Crippen molar-refractivity contribution in [1.29, 1.82) is 0 Å². The number of rotatable bonds is 6. The van der Waals surface area contributed by atoms with Crippen LogP contribution in [0.4, 0.5) is 5.69 Å². The lowest BCUT2D eigenvalue weighted by molar-refractivity contribution is -0.153. The van der Waals surface area contributed by atoms with Gasteiger partial charge in [-0.2, -0.15) is 0 Å². The minimum absolute atomic E-state index is 0.340. The molecule has 8 heteroatoms. The average molecular weight is 424 g/mol. The SMILES string of the molecule is NC(=O)c1ccc(NC(=O)COC(=O)C2(c3ccc4c(c3)OCCO4)CCCC2)cc1. The number of nitrogens with two attached hydrogens (primary N) is 1. The van der Waals surface area contributed by atoms with E-state index < -0.39 is 29.8 Å². The van der Waals surface area contributed by atoms with Crippen LogP contribution in [0, 0.1) is 0 Å². The van der Waals surface area contributed by atoms with Gasteiger partial charge in [-0.3, -0.25) is 14.4 Å². The lowest BCUT2D eigenvalue weighted by atomic mass is 9.78. The molecule has 0 bridgehead atoms. The molecule has 1 aliphatic heterocycles. The zero-order valence-electron chi connectivity index (χ0n) is 17.0. The maximum absolute atomic E-state index is 13.1. The number of carbonyl (C=O) groups excluding carboxylic acids is 3. The van der Waals surface area contributed by atoms with E-state index in [1.165, 1.54) is 12.1 Å². The van der Waals surface area contributed by atoms with Crippen molar-refractivity contribution in [2.24, 2.45) is 5.73 Å². The van der Waals surface area contributed by atoms with E-state index in [1.807, 2.05) is 18.2 Å². The van der Waals surface area contributed by atoms with Gasteiger partial charge in [-0.25, -0.2) is 0 Å². The van der Waals surface area contributed by atoms with E-state index in [0.29, 0.717) is 48.8 Å². The third-order valence-electron chi connectivity index (χ3n) is 5.73. The molecule has 2 aromatic rings. The number of fused-ring (bicyclic) bond motifs is 1. The molecule has 0 atom stereocenters. The highest BCUT2D eigenvalue weighted by atomic mass is 16.6. The summed E-state index contributed by atoms with van der Waals surface area (Å²) in [6.45, 7) is 0.567. The van der Waals surface area contributed by atoms with E-state index in [4.69, 9.17) is 19.9 Å². The number of hydrogen-bond donors (Lipinski definition) is 2. The van der Waals surface area contributed by atoms with Crippen molar-refractivity contribution in [2.75, 3.05) is 25.1 Å². The highest BCUT2D eigenvalue weighted by Crippen LogP contribution is 2.45. The van der Waals surface area contributed by atoms with Crippen molar-refractivity contribution in [1.82, 2.24) is 0 Å². The van der Waals surface area contributed by atoms with Crippen molar-refractivity contribution in [3.63, 3.8) is 0 Å². The molecule has 162 valence electrons. The second kappa shape index (κ2) is 8.67. The van der Waals surface area contributed by atoms with E-state index in [2.05, 4.69) is 5.32 Å². The van der Waals surface area contributed by atoms with Crippen LogP contribution in [0.1, 0.15) is 41.6 Å². The number of benzene rings is 2. The molecule has 1 aliphatic carbocycles. The van der Waals surface area contributed by atoms with Crippen molar-refractivity contribution < 1.29 is 28.6 Å². The Bertz CT molecular complexity index is 996. The maximum atomic E-state index is 13.1. The van der Waals surface area contributed by atoms with Gasteiger partial charge in [0.25, 0.3) is 5.91 Å². The van der Waals surface area contributed by atoms with Crippen LogP contribution in [0.15, 0.2) is 42.5 Å². The zero-order chi connectivity index (χ0) is 21.8. The fourth-order valence-electron chi connectivity index (χ4n) is 4.11. The van der Waals surface area contributed by atoms with Gasteiger partial charge in [-0.15, -0.1) is 0 Å². The molecule has 1 saturated carbocycles. The van der Waals surface area contributed by atoms with Gasteiger partial charge < -0.3 is 25.3 Å². The average Bonchev–Trinajstić information content (AvgIpc) is 3.29. The Kier molecular flexibility index (Phi) is 5.79. The molecule has 0 spiro atoms. The Morgan fingerprint density at radius 2 is 1.65 bits per heavy atom. The summed E-state index contributed by atoms with van der Waals surface area (Å²) >= 11 is 0. The number of anilines is 1. The van der Waals surface area contributed by atoms with Gasteiger partial charge in [0.1, 0.15) is 13.2 Å². The zero-order valence-corrected chi connectivity index (χ0v) is 17.0. The van der Waals surface area contributed by atoms with Gasteiger partial charge >= 0.3 is 5.97 Å². The second-order valence-electron chi connectivity index (χ2n) is 7.71. The van der Waals surface area contributed by atoms with E-state index in [9.17, 15) is 14.4 Å². The maximum Gasteiger partial charge on any atom is 0.317 e. The Morgan fingerprint density at radius 1 is 0.968 bits per heavy atom. The lowest BCUT2D eigenvalue weighted by Gasteiger charge is -2.28. The lowest BCUT2D eigenvalue weighted by Crippen LogP contribution is -2.36. The summed E-state index contributed by atoms with van der Waals surface area (Å²) in [5, 5.41) is 2.64. The molecule has 0 radical (unpaired) electrons. The quantitative estimate of drug-likeness (QED) is 0.689. The number of hydrogen-bond acceptors (Lipinski definition) is 6. The summed E-state index contributed by atoms with van der Waals surface area (Å²) in [5.74, 6) is -0.137. The predicted molar refractivity (Wildman–Crippen MR) is 112 cm³/mol. The fourth-order valence-corrected chi connectivity index (χ4v) is 4.11. The number of carbonyl (C=O) groups is 3. The first-order valence-electron chi connectivity index (χ1n) is 10.2. The highest BCUT2D eigenvalue weighted by Gasteiger charge is 2.45. The summed E-state index contributed by atoms with van der Waals surface area (Å²) in [4.78, 5) is 36.5. The van der Waals surface area contributed by atoms with Crippen molar-refractivity contribution in [2.45, 2.75) is 31.1 Å². The van der Waals surface area contributed by atoms with Gasteiger partial charge in [0, 0.05) is 11.3 Å². The van der Waals surface area contributed by atoms with Gasteiger partial charge in [-0.1, -0.05) is 18.9 Å². The predicted octanol–water partition coefficient (Wildman–Crippen LogP) is 2.55. The largest absolute Gasteiger partial charge is 0.486 e. The van der Waals surface area contributed by atoms with E-state index >= 15 is 0 Å². The van der Waals surface area contributed by atoms with E-state index in [-0.39, 0.29) is 0 Å². The van der Waals surface area contributed by atoms with Crippen LogP contribution in [-0.4, -0.2) is 37.6 Å². The Hall–Kier alpha value is -3.55. The van der Waals surface area contributed by atoms with Crippen molar-refractivity contribution in [3.05, 3.63) is 53.6 Å². The molecule has 8 nitrogen and oxygen atoms in total. The fraction of sp³-hybridized carbons (Fsp3) is 0.348. The van der Waals surface area contributed by atoms with Crippen LogP contribution in [0.25, 0.3) is 0 Å². The Balaban J connectivity index is 1.42. The second-order valence-corrected chi connectivity index (χ2v) is 7.71. The van der Waals surface area contributed by atoms with E-state index in [0.717, 1.165) is 18.4 Å². The minimum Gasteiger partial charge on any atom is -0.486 e. The topological polar surface area (TPSA) is 117 Å². The first-order valence-corrected chi connectivity index (χ1v) is 10.2. The summed E-state index contributed by atoms with van der Waals surface area (Å²) < 4.78 is 16.7. The number of esters is 1. The van der Waals surface area contributed by atoms with Crippen molar-refractivity contribution in [3.8, 4) is 11.5 Å². The van der Waals surface area contributed by atoms with Crippen LogP contribution in [0.5, 0.6) is 11.5 Å². The van der Waals surface area contributed by atoms with Crippen molar-refractivity contribution >= 4 is 23.5 Å². The molecular formula is C23H24N2O6. The molecule has 1 fully saturated rings. The number of primary amides is 1. The Labute approximate surface area is 179 Å². The smallest absolute Gasteiger partial charge is 0.317 e. The highest BCUT2D eigenvalue weighted by molar-refractivity contribution is 5.96. The molecule has 1 heterocycles. The number of amides is 2. The number of nitrogens with one attached hydrogen (secondary N) is 1.